The van der Waals surface area contributed by atoms with Crippen LogP contribution in [0.5, 0.6) is 0 Å². The third-order valence-corrected chi connectivity index (χ3v) is 6.05. The normalized spacial score (nSPS) is 34.5. The van der Waals surface area contributed by atoms with E-state index in [1.165, 1.54) is 18.6 Å². The van der Waals surface area contributed by atoms with Crippen molar-refractivity contribution in [1.29, 1.82) is 0 Å². The Bertz CT molecular complexity index is 338. The molecule has 2 bridgehead atoms. The predicted octanol–water partition coefficient (Wildman–Crippen LogP) is 1.20. The lowest BCUT2D eigenvalue weighted by Gasteiger charge is -2.29. The van der Waals surface area contributed by atoms with E-state index in [0.29, 0.717) is 30.5 Å². The van der Waals surface area contributed by atoms with Gasteiger partial charge >= 0.3 is 0 Å². The predicted molar refractivity (Wildman–Crippen MR) is 86.8 cm³/mol. The summed E-state index contributed by atoms with van der Waals surface area (Å²) in [7, 11) is 2.23. The van der Waals surface area contributed by atoms with Crippen molar-refractivity contribution in [3.8, 4) is 0 Å². The van der Waals surface area contributed by atoms with E-state index in [9.17, 15) is 4.79 Å². The Morgan fingerprint density at radius 1 is 1.30 bits per heavy atom. The largest absolute Gasteiger partial charge is 0.341 e. The maximum absolute atomic E-state index is 12.5. The van der Waals surface area contributed by atoms with Gasteiger partial charge in [-0.2, -0.15) is 11.8 Å². The molecular formula is C14H26ClN3OS. The summed E-state index contributed by atoms with van der Waals surface area (Å²) < 4.78 is 0. The Morgan fingerprint density at radius 2 is 2.10 bits per heavy atom. The van der Waals surface area contributed by atoms with Crippen LogP contribution in [0, 0.1) is 0 Å². The number of amides is 1. The lowest BCUT2D eigenvalue weighted by Crippen LogP contribution is -2.45. The zero-order valence-electron chi connectivity index (χ0n) is 12.2. The molecule has 0 spiro atoms. The summed E-state index contributed by atoms with van der Waals surface area (Å²) in [6.45, 7) is 2.96. The van der Waals surface area contributed by atoms with Crippen LogP contribution in [-0.4, -0.2) is 72.0 Å². The molecule has 3 heterocycles. The monoisotopic (exact) mass is 319 g/mol. The van der Waals surface area contributed by atoms with E-state index in [2.05, 4.69) is 22.2 Å². The molecule has 0 aromatic carbocycles. The second kappa shape index (κ2) is 7.34. The number of halogens is 1. The highest BCUT2D eigenvalue weighted by atomic mass is 35.5. The minimum atomic E-state index is 0. The Kier molecular flexibility index (Phi) is 6.02. The van der Waals surface area contributed by atoms with Gasteiger partial charge in [0.15, 0.2) is 0 Å². The SMILES string of the molecule is CN1C2CCC1CN(C(=O)CC1CSCCN1)CC2.Cl. The quantitative estimate of drug-likeness (QED) is 0.829. The number of fused-ring (bicyclic) bond motifs is 2. The van der Waals surface area contributed by atoms with Gasteiger partial charge in [-0.3, -0.25) is 9.69 Å². The highest BCUT2D eigenvalue weighted by molar-refractivity contribution is 7.99. The smallest absolute Gasteiger partial charge is 0.224 e. The van der Waals surface area contributed by atoms with Crippen molar-refractivity contribution in [2.24, 2.45) is 0 Å². The van der Waals surface area contributed by atoms with Gasteiger partial charge in [0.05, 0.1) is 0 Å². The Balaban J connectivity index is 0.00000147. The van der Waals surface area contributed by atoms with Gasteiger partial charge in [0.25, 0.3) is 0 Å². The number of likely N-dealkylation sites (tertiary alicyclic amines) is 1. The molecule has 3 unspecified atom stereocenters. The van der Waals surface area contributed by atoms with Crippen LogP contribution in [0.15, 0.2) is 0 Å². The van der Waals surface area contributed by atoms with Crippen molar-refractivity contribution in [3.63, 3.8) is 0 Å². The van der Waals surface area contributed by atoms with Gasteiger partial charge in [0, 0.05) is 55.7 Å². The molecule has 3 rings (SSSR count). The first-order chi connectivity index (χ1) is 9.24. The van der Waals surface area contributed by atoms with Gasteiger partial charge in [-0.15, -0.1) is 12.4 Å². The first kappa shape index (κ1) is 16.4. The standard InChI is InChI=1S/C14H25N3OS.ClH/c1-16-12-2-3-13(16)9-17(6-4-12)14(18)8-11-10-19-7-5-15-11;/h11-13,15H,2-10H2,1H3;1H. The summed E-state index contributed by atoms with van der Waals surface area (Å²) in [6, 6.07) is 1.71. The number of likely N-dealkylation sites (N-methyl/N-ethyl adjacent to an activating group) is 1. The molecule has 0 aromatic heterocycles. The highest BCUT2D eigenvalue weighted by Gasteiger charge is 2.36. The number of carbonyl (C=O) groups is 1. The minimum absolute atomic E-state index is 0. The number of thioether (sulfide) groups is 1. The third-order valence-electron chi connectivity index (χ3n) is 4.92. The zero-order valence-corrected chi connectivity index (χ0v) is 13.8. The highest BCUT2D eigenvalue weighted by Crippen LogP contribution is 2.28. The van der Waals surface area contributed by atoms with Gasteiger partial charge in [-0.25, -0.2) is 0 Å². The molecule has 3 atom stereocenters. The zero-order chi connectivity index (χ0) is 13.2. The number of hydrogen-bond acceptors (Lipinski definition) is 4. The maximum Gasteiger partial charge on any atom is 0.224 e. The molecule has 3 aliphatic rings. The Morgan fingerprint density at radius 3 is 2.85 bits per heavy atom. The molecule has 0 aliphatic carbocycles. The van der Waals surface area contributed by atoms with Crippen LogP contribution < -0.4 is 5.32 Å². The first-order valence-electron chi connectivity index (χ1n) is 7.55. The first-order valence-corrected chi connectivity index (χ1v) is 8.70. The fourth-order valence-corrected chi connectivity index (χ4v) is 4.58. The van der Waals surface area contributed by atoms with Crippen LogP contribution in [0.4, 0.5) is 0 Å². The van der Waals surface area contributed by atoms with Crippen molar-refractivity contribution in [2.75, 3.05) is 38.2 Å². The fourth-order valence-electron chi connectivity index (χ4n) is 3.63. The van der Waals surface area contributed by atoms with E-state index < -0.39 is 0 Å². The van der Waals surface area contributed by atoms with Crippen molar-refractivity contribution in [1.82, 2.24) is 15.1 Å². The summed E-state index contributed by atoms with van der Waals surface area (Å²) >= 11 is 1.97. The average molecular weight is 320 g/mol. The molecule has 3 aliphatic heterocycles. The summed E-state index contributed by atoms with van der Waals surface area (Å²) in [4.78, 5) is 17.1. The van der Waals surface area contributed by atoms with E-state index in [-0.39, 0.29) is 12.4 Å². The number of rotatable bonds is 2. The van der Waals surface area contributed by atoms with E-state index in [1.807, 2.05) is 11.8 Å². The number of carbonyl (C=O) groups excluding carboxylic acids is 1. The molecule has 0 radical (unpaired) electrons. The lowest BCUT2D eigenvalue weighted by molar-refractivity contribution is -0.132. The third kappa shape index (κ3) is 3.62. The van der Waals surface area contributed by atoms with Gasteiger partial charge in [0.2, 0.25) is 5.91 Å². The van der Waals surface area contributed by atoms with Crippen molar-refractivity contribution in [3.05, 3.63) is 0 Å². The molecule has 3 fully saturated rings. The summed E-state index contributed by atoms with van der Waals surface area (Å²) in [6.07, 6.45) is 4.44. The van der Waals surface area contributed by atoms with Crippen LogP contribution in [0.3, 0.4) is 0 Å². The van der Waals surface area contributed by atoms with Crippen LogP contribution in [0.2, 0.25) is 0 Å². The maximum atomic E-state index is 12.5. The molecule has 3 saturated heterocycles. The molecule has 4 nitrogen and oxygen atoms in total. The van der Waals surface area contributed by atoms with E-state index in [0.717, 1.165) is 31.8 Å². The van der Waals surface area contributed by atoms with E-state index in [1.54, 1.807) is 0 Å². The van der Waals surface area contributed by atoms with Crippen molar-refractivity contribution in [2.45, 2.75) is 43.8 Å². The van der Waals surface area contributed by atoms with Gasteiger partial charge in [0.1, 0.15) is 0 Å². The van der Waals surface area contributed by atoms with Crippen LogP contribution in [-0.2, 0) is 4.79 Å². The number of nitrogens with zero attached hydrogens (tertiary/aromatic N) is 2. The fraction of sp³-hybridized carbons (Fsp3) is 0.929. The molecule has 1 N–H and O–H groups in total. The topological polar surface area (TPSA) is 35.6 Å². The van der Waals surface area contributed by atoms with Gasteiger partial charge < -0.3 is 10.2 Å². The van der Waals surface area contributed by atoms with E-state index >= 15 is 0 Å². The molecule has 20 heavy (non-hydrogen) atoms. The van der Waals surface area contributed by atoms with Crippen LogP contribution >= 0.6 is 24.2 Å². The second-order valence-electron chi connectivity index (χ2n) is 6.11. The van der Waals surface area contributed by atoms with Crippen LogP contribution in [0.25, 0.3) is 0 Å². The average Bonchev–Trinajstić information content (AvgIpc) is 2.64. The molecule has 116 valence electrons. The van der Waals surface area contributed by atoms with Crippen molar-refractivity contribution < 1.29 is 4.79 Å². The van der Waals surface area contributed by atoms with Crippen molar-refractivity contribution >= 4 is 30.1 Å². The number of nitrogens with one attached hydrogen (secondary N) is 1. The van der Waals surface area contributed by atoms with Gasteiger partial charge in [-0.1, -0.05) is 0 Å². The molecule has 0 saturated carbocycles. The van der Waals surface area contributed by atoms with Gasteiger partial charge in [-0.05, 0) is 26.3 Å². The molecule has 0 aromatic rings. The summed E-state index contributed by atoms with van der Waals surface area (Å²) in [5.41, 5.74) is 0. The Hall–Kier alpha value is 0.0300. The molecule has 6 heteroatoms. The molecular weight excluding hydrogens is 294 g/mol. The second-order valence-corrected chi connectivity index (χ2v) is 7.26. The lowest BCUT2D eigenvalue weighted by atomic mass is 10.1. The molecule has 1 amide bonds. The number of hydrogen-bond donors (Lipinski definition) is 1. The van der Waals surface area contributed by atoms with Crippen LogP contribution in [0.1, 0.15) is 25.7 Å². The van der Waals surface area contributed by atoms with E-state index in [4.69, 9.17) is 0 Å². The summed E-state index contributed by atoms with van der Waals surface area (Å²) in [5.74, 6) is 2.63. The Labute approximate surface area is 132 Å². The summed E-state index contributed by atoms with van der Waals surface area (Å²) in [5, 5.41) is 3.47. The minimum Gasteiger partial charge on any atom is -0.341 e.